The number of aromatic hydroxyl groups is 1. The third kappa shape index (κ3) is 3.39. The molecule has 2 rings (SSSR count). The molecule has 0 aromatic carbocycles. The summed E-state index contributed by atoms with van der Waals surface area (Å²) in [7, 11) is 0. The Morgan fingerprint density at radius 2 is 2.15 bits per heavy atom. The summed E-state index contributed by atoms with van der Waals surface area (Å²) >= 11 is 0. The minimum absolute atomic E-state index is 0.0677. The molecule has 5 nitrogen and oxygen atoms in total. The first-order valence-electron chi connectivity index (χ1n) is 6.40. The zero-order valence-electron chi connectivity index (χ0n) is 11.3. The number of aliphatic imine (C=N–C) groups is 1. The maximum absolute atomic E-state index is 9.95. The SMILES string of the molecule is Cc1ncc(CO)c(C=NCCc2ccccn2)c1O. The zero-order chi connectivity index (χ0) is 14.4. The molecular formula is C15H17N3O2. The van der Waals surface area contributed by atoms with Gasteiger partial charge < -0.3 is 10.2 Å². The third-order valence-corrected chi connectivity index (χ3v) is 2.97. The summed E-state index contributed by atoms with van der Waals surface area (Å²) < 4.78 is 0. The maximum Gasteiger partial charge on any atom is 0.145 e. The molecule has 2 N–H and O–H groups in total. The summed E-state index contributed by atoms with van der Waals surface area (Å²) in [4.78, 5) is 12.5. The first kappa shape index (κ1) is 14.1. The van der Waals surface area contributed by atoms with Crippen LogP contribution >= 0.6 is 0 Å². The molecule has 2 aromatic rings. The van der Waals surface area contributed by atoms with Crippen LogP contribution in [0.2, 0.25) is 0 Å². The molecule has 0 bridgehead atoms. The van der Waals surface area contributed by atoms with Crippen molar-refractivity contribution in [2.24, 2.45) is 4.99 Å². The highest BCUT2D eigenvalue weighted by atomic mass is 16.3. The van der Waals surface area contributed by atoms with Gasteiger partial charge in [0.15, 0.2) is 0 Å². The van der Waals surface area contributed by atoms with Gasteiger partial charge in [0.1, 0.15) is 5.75 Å². The zero-order valence-corrected chi connectivity index (χ0v) is 11.3. The smallest absolute Gasteiger partial charge is 0.145 e. The molecule has 0 saturated carbocycles. The lowest BCUT2D eigenvalue weighted by molar-refractivity contribution is 0.280. The lowest BCUT2D eigenvalue weighted by Gasteiger charge is -2.06. The van der Waals surface area contributed by atoms with Crippen LogP contribution in [-0.4, -0.2) is 32.9 Å². The van der Waals surface area contributed by atoms with Gasteiger partial charge in [-0.1, -0.05) is 6.07 Å². The molecular weight excluding hydrogens is 254 g/mol. The molecule has 0 radical (unpaired) electrons. The molecule has 0 saturated heterocycles. The molecule has 104 valence electrons. The van der Waals surface area contributed by atoms with E-state index in [1.54, 1.807) is 25.5 Å². The van der Waals surface area contributed by atoms with Gasteiger partial charge in [0.2, 0.25) is 0 Å². The molecule has 2 aromatic heterocycles. The van der Waals surface area contributed by atoms with Gasteiger partial charge in [-0.2, -0.15) is 0 Å². The fraction of sp³-hybridized carbons (Fsp3) is 0.267. The number of aliphatic hydroxyl groups is 1. The largest absolute Gasteiger partial charge is 0.505 e. The minimum atomic E-state index is -0.178. The Labute approximate surface area is 117 Å². The van der Waals surface area contributed by atoms with Gasteiger partial charge >= 0.3 is 0 Å². The molecule has 20 heavy (non-hydrogen) atoms. The van der Waals surface area contributed by atoms with E-state index < -0.39 is 0 Å². The lowest BCUT2D eigenvalue weighted by atomic mass is 10.1. The van der Waals surface area contributed by atoms with Crippen molar-refractivity contribution < 1.29 is 10.2 Å². The van der Waals surface area contributed by atoms with Gasteiger partial charge in [-0.15, -0.1) is 0 Å². The lowest BCUT2D eigenvalue weighted by Crippen LogP contribution is -1.99. The Hall–Kier alpha value is -2.27. The Bertz CT molecular complexity index is 598. The highest BCUT2D eigenvalue weighted by molar-refractivity contribution is 5.85. The number of pyridine rings is 2. The molecule has 2 heterocycles. The normalized spacial score (nSPS) is 11.1. The van der Waals surface area contributed by atoms with E-state index in [0.717, 1.165) is 12.1 Å². The molecule has 0 aliphatic rings. The second-order valence-corrected chi connectivity index (χ2v) is 4.40. The van der Waals surface area contributed by atoms with E-state index in [0.29, 0.717) is 23.4 Å². The van der Waals surface area contributed by atoms with Crippen molar-refractivity contribution in [3.05, 3.63) is 53.1 Å². The van der Waals surface area contributed by atoms with Crippen molar-refractivity contribution >= 4 is 6.21 Å². The number of hydrogen-bond donors (Lipinski definition) is 2. The van der Waals surface area contributed by atoms with Crippen LogP contribution in [0.5, 0.6) is 5.75 Å². The van der Waals surface area contributed by atoms with Crippen molar-refractivity contribution in [1.29, 1.82) is 0 Å². The molecule has 0 amide bonds. The quantitative estimate of drug-likeness (QED) is 0.810. The van der Waals surface area contributed by atoms with Crippen molar-refractivity contribution in [3.8, 4) is 5.75 Å². The summed E-state index contributed by atoms with van der Waals surface area (Å²) in [6.45, 7) is 2.10. The van der Waals surface area contributed by atoms with E-state index in [2.05, 4.69) is 15.0 Å². The van der Waals surface area contributed by atoms with Gasteiger partial charge in [-0.05, 0) is 19.1 Å². The van der Waals surface area contributed by atoms with E-state index in [1.165, 1.54) is 0 Å². The van der Waals surface area contributed by atoms with E-state index >= 15 is 0 Å². The Morgan fingerprint density at radius 3 is 2.85 bits per heavy atom. The Balaban J connectivity index is 2.06. The molecule has 5 heteroatoms. The fourth-order valence-corrected chi connectivity index (χ4v) is 1.80. The van der Waals surface area contributed by atoms with E-state index in [-0.39, 0.29) is 12.4 Å². The number of hydrogen-bond acceptors (Lipinski definition) is 5. The molecule has 0 aliphatic heterocycles. The molecule has 0 fully saturated rings. The van der Waals surface area contributed by atoms with Crippen LogP contribution in [0.4, 0.5) is 0 Å². The average Bonchev–Trinajstić information content (AvgIpc) is 2.49. The van der Waals surface area contributed by atoms with Crippen molar-refractivity contribution in [2.75, 3.05) is 6.54 Å². The van der Waals surface area contributed by atoms with Crippen molar-refractivity contribution in [1.82, 2.24) is 9.97 Å². The van der Waals surface area contributed by atoms with E-state index in [9.17, 15) is 10.2 Å². The van der Waals surface area contributed by atoms with E-state index in [4.69, 9.17) is 0 Å². The first-order valence-corrected chi connectivity index (χ1v) is 6.40. The van der Waals surface area contributed by atoms with Gasteiger partial charge in [-0.3, -0.25) is 15.0 Å². The Kier molecular flexibility index (Phi) is 4.79. The predicted molar refractivity (Wildman–Crippen MR) is 77.0 cm³/mol. The van der Waals surface area contributed by atoms with Gasteiger partial charge in [0.05, 0.1) is 12.3 Å². The van der Waals surface area contributed by atoms with Gasteiger partial charge in [-0.25, -0.2) is 0 Å². The van der Waals surface area contributed by atoms with Gasteiger partial charge in [0, 0.05) is 48.4 Å². The van der Waals surface area contributed by atoms with Crippen LogP contribution in [0, 0.1) is 6.92 Å². The van der Waals surface area contributed by atoms with Crippen molar-refractivity contribution in [2.45, 2.75) is 20.0 Å². The number of rotatable bonds is 5. The number of nitrogens with zero attached hydrogens (tertiary/aromatic N) is 3. The summed E-state index contributed by atoms with van der Waals surface area (Å²) in [5, 5.41) is 19.2. The third-order valence-electron chi connectivity index (χ3n) is 2.97. The van der Waals surface area contributed by atoms with Crippen LogP contribution in [0.25, 0.3) is 0 Å². The molecule has 0 spiro atoms. The number of aliphatic hydroxyl groups excluding tert-OH is 1. The molecule has 0 atom stereocenters. The van der Waals surface area contributed by atoms with Crippen LogP contribution in [-0.2, 0) is 13.0 Å². The predicted octanol–water partition coefficient (Wildman–Crippen LogP) is 1.64. The molecule has 0 unspecified atom stereocenters. The Morgan fingerprint density at radius 1 is 1.30 bits per heavy atom. The summed E-state index contributed by atoms with van der Waals surface area (Å²) in [6.07, 6.45) is 5.62. The van der Waals surface area contributed by atoms with Crippen LogP contribution in [0.1, 0.15) is 22.5 Å². The first-order chi connectivity index (χ1) is 9.72. The standard InChI is InChI=1S/C15H17N3O2/c1-11-15(20)14(12(10-19)8-18-11)9-16-7-5-13-4-2-3-6-17-13/h2-4,6,8-9,19-20H,5,7,10H2,1H3. The highest BCUT2D eigenvalue weighted by Crippen LogP contribution is 2.21. The average molecular weight is 271 g/mol. The summed E-state index contributed by atoms with van der Waals surface area (Å²) in [5.41, 5.74) is 2.59. The second-order valence-electron chi connectivity index (χ2n) is 4.40. The summed E-state index contributed by atoms with van der Waals surface area (Å²) in [6, 6.07) is 5.76. The second kappa shape index (κ2) is 6.77. The van der Waals surface area contributed by atoms with Crippen LogP contribution in [0.3, 0.4) is 0 Å². The molecule has 0 aliphatic carbocycles. The number of aromatic nitrogens is 2. The maximum atomic E-state index is 9.95. The topological polar surface area (TPSA) is 78.6 Å². The van der Waals surface area contributed by atoms with Crippen molar-refractivity contribution in [3.63, 3.8) is 0 Å². The van der Waals surface area contributed by atoms with Crippen LogP contribution < -0.4 is 0 Å². The van der Waals surface area contributed by atoms with Crippen LogP contribution in [0.15, 0.2) is 35.6 Å². The van der Waals surface area contributed by atoms with E-state index in [1.807, 2.05) is 18.2 Å². The number of aryl methyl sites for hydroxylation is 1. The fourth-order valence-electron chi connectivity index (χ4n) is 1.80. The highest BCUT2D eigenvalue weighted by Gasteiger charge is 2.08. The minimum Gasteiger partial charge on any atom is -0.505 e. The van der Waals surface area contributed by atoms with Gasteiger partial charge in [0.25, 0.3) is 0 Å². The summed E-state index contributed by atoms with van der Waals surface area (Å²) in [5.74, 6) is 0.0677. The monoisotopic (exact) mass is 271 g/mol.